The smallest absolute Gasteiger partial charge is 0.278 e. The second kappa shape index (κ2) is 9.48. The molecule has 4 rings (SSSR count). The van der Waals surface area contributed by atoms with Gasteiger partial charge in [0.15, 0.2) is 5.69 Å². The maximum Gasteiger partial charge on any atom is 0.278 e. The number of carbonyl (C=O) groups excluding carboxylic acids is 2. The lowest BCUT2D eigenvalue weighted by atomic mass is 9.88. The molecule has 1 saturated carbocycles. The highest BCUT2D eigenvalue weighted by Crippen LogP contribution is 2.27. The maximum absolute atomic E-state index is 14.3. The number of benzene rings is 2. The molecule has 1 aromatic heterocycles. The lowest BCUT2D eigenvalue weighted by Gasteiger charge is -2.21. The van der Waals surface area contributed by atoms with Gasteiger partial charge in [0.25, 0.3) is 5.91 Å². The first-order valence-corrected chi connectivity index (χ1v) is 10.9. The molecule has 1 aliphatic carbocycles. The van der Waals surface area contributed by atoms with E-state index in [1.807, 2.05) is 0 Å². The molecule has 7 nitrogen and oxygen atoms in total. The molecule has 9 heteroatoms. The van der Waals surface area contributed by atoms with Crippen LogP contribution in [0.25, 0.3) is 5.69 Å². The molecule has 1 aliphatic rings. The van der Waals surface area contributed by atoms with Gasteiger partial charge in [-0.05, 0) is 56.2 Å². The molecule has 32 heavy (non-hydrogen) atoms. The minimum absolute atomic E-state index is 0.0395. The van der Waals surface area contributed by atoms with Crippen LogP contribution in [0.15, 0.2) is 42.5 Å². The van der Waals surface area contributed by atoms with E-state index in [1.165, 1.54) is 22.9 Å². The molecule has 2 aromatic carbocycles. The Morgan fingerprint density at radius 3 is 2.62 bits per heavy atom. The molecule has 0 spiro atoms. The number of aromatic nitrogens is 3. The molecule has 0 bridgehead atoms. The van der Waals surface area contributed by atoms with Crippen LogP contribution < -0.4 is 10.6 Å². The predicted octanol–water partition coefficient (Wildman–Crippen LogP) is 5.14. The van der Waals surface area contributed by atoms with E-state index in [0.717, 1.165) is 32.1 Å². The highest BCUT2D eigenvalue weighted by Gasteiger charge is 2.23. The molecule has 0 aliphatic heterocycles. The summed E-state index contributed by atoms with van der Waals surface area (Å²) in [6.45, 7) is 1.72. The van der Waals surface area contributed by atoms with Crippen LogP contribution in [0.4, 0.5) is 15.8 Å². The lowest BCUT2D eigenvalue weighted by Crippen LogP contribution is -2.25. The summed E-state index contributed by atoms with van der Waals surface area (Å²) >= 11 is 6.04. The number of amides is 2. The van der Waals surface area contributed by atoms with Crippen molar-refractivity contribution in [1.82, 2.24) is 15.0 Å². The monoisotopic (exact) mass is 455 g/mol. The zero-order valence-corrected chi connectivity index (χ0v) is 18.3. The zero-order valence-electron chi connectivity index (χ0n) is 17.6. The highest BCUT2D eigenvalue weighted by atomic mass is 35.5. The molecular weight excluding hydrogens is 433 g/mol. The van der Waals surface area contributed by atoms with Gasteiger partial charge in [0.2, 0.25) is 5.91 Å². The Kier molecular flexibility index (Phi) is 6.50. The largest absolute Gasteiger partial charge is 0.323 e. The Morgan fingerprint density at radius 1 is 1.09 bits per heavy atom. The van der Waals surface area contributed by atoms with Crippen LogP contribution in [0.2, 0.25) is 5.02 Å². The molecule has 1 heterocycles. The van der Waals surface area contributed by atoms with Crippen LogP contribution in [0, 0.1) is 18.7 Å². The molecule has 0 atom stereocenters. The molecule has 0 unspecified atom stereocenters. The van der Waals surface area contributed by atoms with E-state index in [0.29, 0.717) is 22.1 Å². The third-order valence-corrected chi connectivity index (χ3v) is 5.86. The predicted molar refractivity (Wildman–Crippen MR) is 121 cm³/mol. The Bertz CT molecular complexity index is 1160. The van der Waals surface area contributed by atoms with Crippen LogP contribution >= 0.6 is 11.6 Å². The van der Waals surface area contributed by atoms with Crippen molar-refractivity contribution < 1.29 is 14.0 Å². The number of hydrogen-bond donors (Lipinski definition) is 2. The Labute approximate surface area is 190 Å². The quantitative estimate of drug-likeness (QED) is 0.557. The van der Waals surface area contributed by atoms with Gasteiger partial charge < -0.3 is 10.6 Å². The SMILES string of the molecule is Cc1c(C(=O)Nc2ccc(F)c(NC(=O)C3CCCCC3)c2)nnn1-c1cccc(Cl)c1. The van der Waals surface area contributed by atoms with Gasteiger partial charge in [0.1, 0.15) is 5.82 Å². The van der Waals surface area contributed by atoms with Crippen molar-refractivity contribution in [1.29, 1.82) is 0 Å². The molecule has 1 fully saturated rings. The van der Waals surface area contributed by atoms with Gasteiger partial charge in [0, 0.05) is 16.6 Å². The van der Waals surface area contributed by atoms with Crippen molar-refractivity contribution in [3.8, 4) is 5.69 Å². The first-order chi connectivity index (χ1) is 15.4. The Balaban J connectivity index is 1.49. The number of carbonyl (C=O) groups is 2. The standard InChI is InChI=1S/C23H23ClFN5O2/c1-14-21(28-29-30(14)18-9-5-8-16(24)12-18)23(32)26-17-10-11-19(25)20(13-17)27-22(31)15-6-3-2-4-7-15/h5,8-13,15H,2-4,6-7H2,1H3,(H,26,32)(H,27,31). The summed E-state index contributed by atoms with van der Waals surface area (Å²) in [4.78, 5) is 25.3. The van der Waals surface area contributed by atoms with E-state index in [2.05, 4.69) is 20.9 Å². The molecule has 0 saturated heterocycles. The first-order valence-electron chi connectivity index (χ1n) is 10.5. The fourth-order valence-corrected chi connectivity index (χ4v) is 4.07. The topological polar surface area (TPSA) is 88.9 Å². The zero-order chi connectivity index (χ0) is 22.7. The summed E-state index contributed by atoms with van der Waals surface area (Å²) < 4.78 is 15.8. The van der Waals surface area contributed by atoms with Gasteiger partial charge in [0.05, 0.1) is 17.1 Å². The van der Waals surface area contributed by atoms with Crippen LogP contribution in [-0.4, -0.2) is 26.8 Å². The van der Waals surface area contributed by atoms with Crippen molar-refractivity contribution in [3.05, 3.63) is 64.7 Å². The summed E-state index contributed by atoms with van der Waals surface area (Å²) in [6.07, 6.45) is 4.76. The fraction of sp³-hybridized carbons (Fsp3) is 0.304. The molecule has 166 valence electrons. The summed E-state index contributed by atoms with van der Waals surface area (Å²) in [5.74, 6) is -1.35. The van der Waals surface area contributed by atoms with E-state index >= 15 is 0 Å². The number of halogens is 2. The Morgan fingerprint density at radius 2 is 1.88 bits per heavy atom. The average molecular weight is 456 g/mol. The minimum Gasteiger partial charge on any atom is -0.323 e. The first kappa shape index (κ1) is 22.0. The van der Waals surface area contributed by atoms with Gasteiger partial charge in [-0.1, -0.05) is 42.1 Å². The van der Waals surface area contributed by atoms with Gasteiger partial charge >= 0.3 is 0 Å². The van der Waals surface area contributed by atoms with Crippen molar-refractivity contribution in [2.24, 2.45) is 5.92 Å². The normalized spacial score (nSPS) is 14.2. The molecule has 0 radical (unpaired) electrons. The van der Waals surface area contributed by atoms with E-state index in [1.54, 1.807) is 31.2 Å². The van der Waals surface area contributed by atoms with E-state index in [-0.39, 0.29) is 23.2 Å². The summed E-state index contributed by atoms with van der Waals surface area (Å²) in [6, 6.07) is 11.1. The van der Waals surface area contributed by atoms with E-state index in [9.17, 15) is 14.0 Å². The second-order valence-electron chi connectivity index (χ2n) is 7.89. The van der Waals surface area contributed by atoms with E-state index < -0.39 is 11.7 Å². The number of nitrogens with zero attached hydrogens (tertiary/aromatic N) is 3. The summed E-state index contributed by atoms with van der Waals surface area (Å²) in [7, 11) is 0. The van der Waals surface area contributed by atoms with E-state index in [4.69, 9.17) is 11.6 Å². The van der Waals surface area contributed by atoms with Crippen LogP contribution in [0.3, 0.4) is 0 Å². The van der Waals surface area contributed by atoms with Crippen LogP contribution in [-0.2, 0) is 4.79 Å². The summed E-state index contributed by atoms with van der Waals surface area (Å²) in [5.41, 5.74) is 1.71. The van der Waals surface area contributed by atoms with Crippen molar-refractivity contribution >= 4 is 34.8 Å². The Hall–Kier alpha value is -3.26. The minimum atomic E-state index is -0.560. The molecule has 3 aromatic rings. The van der Waals surface area contributed by atoms with Gasteiger partial charge in [-0.2, -0.15) is 0 Å². The number of hydrogen-bond acceptors (Lipinski definition) is 4. The van der Waals surface area contributed by atoms with Crippen LogP contribution in [0.1, 0.15) is 48.3 Å². The van der Waals surface area contributed by atoms with Gasteiger partial charge in [-0.15, -0.1) is 5.10 Å². The van der Waals surface area contributed by atoms with Crippen molar-refractivity contribution in [2.75, 3.05) is 10.6 Å². The number of anilines is 2. The number of rotatable bonds is 5. The van der Waals surface area contributed by atoms with Crippen LogP contribution in [0.5, 0.6) is 0 Å². The maximum atomic E-state index is 14.3. The lowest BCUT2D eigenvalue weighted by molar-refractivity contribution is -0.120. The summed E-state index contributed by atoms with van der Waals surface area (Å²) in [5, 5.41) is 13.9. The molecular formula is C23H23ClFN5O2. The molecule has 2 N–H and O–H groups in total. The molecule has 2 amide bonds. The second-order valence-corrected chi connectivity index (χ2v) is 8.32. The third-order valence-electron chi connectivity index (χ3n) is 5.62. The third kappa shape index (κ3) is 4.80. The van der Waals surface area contributed by atoms with Gasteiger partial charge in [-0.3, -0.25) is 9.59 Å². The van der Waals surface area contributed by atoms with Crippen molar-refractivity contribution in [2.45, 2.75) is 39.0 Å². The average Bonchev–Trinajstić information content (AvgIpc) is 3.18. The van der Waals surface area contributed by atoms with Gasteiger partial charge in [-0.25, -0.2) is 9.07 Å². The highest BCUT2D eigenvalue weighted by molar-refractivity contribution is 6.30. The van der Waals surface area contributed by atoms with Crippen molar-refractivity contribution in [3.63, 3.8) is 0 Å². The fourth-order valence-electron chi connectivity index (χ4n) is 3.88. The number of nitrogens with one attached hydrogen (secondary N) is 2.